The number of methoxy groups -OCH3 is 1. The summed E-state index contributed by atoms with van der Waals surface area (Å²) in [5.74, 6) is -0.131. The van der Waals surface area contributed by atoms with Crippen LogP contribution in [0.5, 0.6) is 11.5 Å². The van der Waals surface area contributed by atoms with E-state index in [4.69, 9.17) is 14.2 Å². The molecule has 0 aromatic heterocycles. The number of likely N-dealkylation sites (tertiary alicyclic amines) is 1. The van der Waals surface area contributed by atoms with Crippen LogP contribution in [-0.4, -0.2) is 79.7 Å². The first-order chi connectivity index (χ1) is 17.0. The van der Waals surface area contributed by atoms with E-state index in [2.05, 4.69) is 4.90 Å². The van der Waals surface area contributed by atoms with Crippen molar-refractivity contribution in [3.05, 3.63) is 65.2 Å². The predicted octanol–water partition coefficient (Wildman–Crippen LogP) is 3.24. The molecule has 2 aromatic carbocycles. The highest BCUT2D eigenvalue weighted by atomic mass is 16.5. The zero-order valence-electron chi connectivity index (χ0n) is 20.2. The Balaban J connectivity index is 1.66. The van der Waals surface area contributed by atoms with Gasteiger partial charge in [0.05, 0.1) is 38.5 Å². The lowest BCUT2D eigenvalue weighted by molar-refractivity contribution is -0.140. The van der Waals surface area contributed by atoms with Crippen LogP contribution in [0.4, 0.5) is 0 Å². The number of carbonyl (C=O) groups is 2. The molecule has 0 unspecified atom stereocenters. The second kappa shape index (κ2) is 11.4. The normalized spacial score (nSPS) is 20.3. The van der Waals surface area contributed by atoms with E-state index in [1.165, 1.54) is 0 Å². The zero-order valence-corrected chi connectivity index (χ0v) is 20.2. The van der Waals surface area contributed by atoms with Crippen molar-refractivity contribution in [2.75, 3.05) is 53.1 Å². The van der Waals surface area contributed by atoms with Crippen LogP contribution in [0.3, 0.4) is 0 Å². The summed E-state index contributed by atoms with van der Waals surface area (Å²) in [7, 11) is 1.56. The molecule has 35 heavy (non-hydrogen) atoms. The van der Waals surface area contributed by atoms with E-state index in [1.54, 1.807) is 36.3 Å². The summed E-state index contributed by atoms with van der Waals surface area (Å²) in [6.07, 6.45) is 0.711. The number of hydrogen-bond acceptors (Lipinski definition) is 7. The molecule has 2 heterocycles. The molecule has 1 atom stereocenters. The van der Waals surface area contributed by atoms with Gasteiger partial charge in [0.15, 0.2) is 0 Å². The van der Waals surface area contributed by atoms with Gasteiger partial charge in [-0.3, -0.25) is 14.5 Å². The SMILES string of the molecule is CCOc1ccc([C@@H]2C(=C(O)c3ccc(OC)cc3)C(=O)C(=O)N2CCCN2CCOCC2)cc1. The summed E-state index contributed by atoms with van der Waals surface area (Å²) < 4.78 is 16.2. The Hall–Kier alpha value is -3.36. The number of ether oxygens (including phenoxy) is 3. The molecule has 1 N–H and O–H groups in total. The van der Waals surface area contributed by atoms with E-state index in [0.717, 1.165) is 25.2 Å². The van der Waals surface area contributed by atoms with Gasteiger partial charge in [0.2, 0.25) is 0 Å². The fourth-order valence-corrected chi connectivity index (χ4v) is 4.56. The number of benzene rings is 2. The van der Waals surface area contributed by atoms with Gasteiger partial charge in [-0.05, 0) is 55.3 Å². The molecule has 0 bridgehead atoms. The first kappa shape index (κ1) is 24.8. The number of ketones is 1. The molecule has 4 rings (SSSR count). The van der Waals surface area contributed by atoms with Gasteiger partial charge in [-0.1, -0.05) is 12.1 Å². The van der Waals surface area contributed by atoms with Crippen molar-refractivity contribution in [2.24, 2.45) is 0 Å². The van der Waals surface area contributed by atoms with Crippen LogP contribution in [0.25, 0.3) is 5.76 Å². The van der Waals surface area contributed by atoms with E-state index < -0.39 is 17.7 Å². The molecule has 0 saturated carbocycles. The fraction of sp³-hybridized carbons (Fsp3) is 0.407. The van der Waals surface area contributed by atoms with Gasteiger partial charge in [0.25, 0.3) is 11.7 Å². The Labute approximate surface area is 205 Å². The van der Waals surface area contributed by atoms with Crippen molar-refractivity contribution >= 4 is 17.4 Å². The molecule has 2 saturated heterocycles. The standard InChI is InChI=1S/C27H32N2O6/c1-3-35-22-11-5-19(6-12-22)24-23(25(30)20-7-9-21(33-2)10-8-20)26(31)27(32)29(24)14-4-13-28-15-17-34-18-16-28/h5-12,24,30H,3-4,13-18H2,1-2H3/t24-/m1/s1. The first-order valence-electron chi connectivity index (χ1n) is 12.0. The zero-order chi connectivity index (χ0) is 24.8. The topological polar surface area (TPSA) is 88.5 Å². The molecule has 0 spiro atoms. The lowest BCUT2D eigenvalue weighted by Crippen LogP contribution is -2.38. The van der Waals surface area contributed by atoms with Gasteiger partial charge in [-0.15, -0.1) is 0 Å². The number of morpholine rings is 1. The van der Waals surface area contributed by atoms with E-state index in [0.29, 0.717) is 49.8 Å². The van der Waals surface area contributed by atoms with Crippen LogP contribution in [-0.2, 0) is 14.3 Å². The Bertz CT molecular complexity index is 1060. The van der Waals surface area contributed by atoms with Crippen LogP contribution < -0.4 is 9.47 Å². The Kier molecular flexibility index (Phi) is 8.05. The molecule has 2 aliphatic heterocycles. The fourth-order valence-electron chi connectivity index (χ4n) is 4.56. The van der Waals surface area contributed by atoms with Gasteiger partial charge in [0, 0.05) is 31.7 Å². The quantitative estimate of drug-likeness (QED) is 0.335. The second-order valence-electron chi connectivity index (χ2n) is 8.53. The smallest absolute Gasteiger partial charge is 0.295 e. The Morgan fingerprint density at radius 3 is 2.29 bits per heavy atom. The summed E-state index contributed by atoms with van der Waals surface area (Å²) in [5.41, 5.74) is 1.29. The molecule has 0 radical (unpaired) electrons. The first-order valence-corrected chi connectivity index (χ1v) is 12.0. The summed E-state index contributed by atoms with van der Waals surface area (Å²) in [6.45, 7) is 6.79. The molecular weight excluding hydrogens is 448 g/mol. The highest BCUT2D eigenvalue weighted by Gasteiger charge is 2.45. The molecule has 8 heteroatoms. The maximum Gasteiger partial charge on any atom is 0.295 e. The molecule has 186 valence electrons. The maximum absolute atomic E-state index is 13.2. The van der Waals surface area contributed by atoms with Gasteiger partial charge in [-0.2, -0.15) is 0 Å². The summed E-state index contributed by atoms with van der Waals surface area (Å²) in [5, 5.41) is 11.2. The highest BCUT2D eigenvalue weighted by Crippen LogP contribution is 2.40. The third kappa shape index (κ3) is 5.49. The summed E-state index contributed by atoms with van der Waals surface area (Å²) in [4.78, 5) is 30.2. The Morgan fingerprint density at radius 2 is 1.66 bits per heavy atom. The number of amides is 1. The van der Waals surface area contributed by atoms with Crippen LogP contribution in [0.1, 0.15) is 30.5 Å². The molecule has 0 aliphatic carbocycles. The van der Waals surface area contributed by atoms with Gasteiger partial charge in [0.1, 0.15) is 17.3 Å². The number of carbonyl (C=O) groups excluding carboxylic acids is 2. The van der Waals surface area contributed by atoms with E-state index in [1.807, 2.05) is 31.2 Å². The van der Waals surface area contributed by atoms with Crippen molar-refractivity contribution in [1.29, 1.82) is 0 Å². The van der Waals surface area contributed by atoms with Gasteiger partial charge >= 0.3 is 0 Å². The van der Waals surface area contributed by atoms with E-state index in [9.17, 15) is 14.7 Å². The Morgan fingerprint density at radius 1 is 1.00 bits per heavy atom. The molecule has 1 amide bonds. The summed E-state index contributed by atoms with van der Waals surface area (Å²) in [6, 6.07) is 13.4. The van der Waals surface area contributed by atoms with Crippen molar-refractivity contribution in [3.63, 3.8) is 0 Å². The lowest BCUT2D eigenvalue weighted by Gasteiger charge is -2.29. The molecule has 2 fully saturated rings. The minimum atomic E-state index is -0.683. The van der Waals surface area contributed by atoms with Crippen molar-refractivity contribution < 1.29 is 28.9 Å². The van der Waals surface area contributed by atoms with Crippen LogP contribution in [0, 0.1) is 0 Å². The van der Waals surface area contributed by atoms with Gasteiger partial charge in [-0.25, -0.2) is 0 Å². The number of rotatable bonds is 9. The van der Waals surface area contributed by atoms with Crippen molar-refractivity contribution in [3.8, 4) is 11.5 Å². The number of nitrogens with zero attached hydrogens (tertiary/aromatic N) is 2. The third-order valence-electron chi connectivity index (χ3n) is 6.39. The largest absolute Gasteiger partial charge is 0.507 e. The monoisotopic (exact) mass is 480 g/mol. The third-order valence-corrected chi connectivity index (χ3v) is 6.39. The van der Waals surface area contributed by atoms with Crippen LogP contribution >= 0.6 is 0 Å². The average molecular weight is 481 g/mol. The minimum absolute atomic E-state index is 0.0932. The average Bonchev–Trinajstić information content (AvgIpc) is 3.14. The number of hydrogen-bond donors (Lipinski definition) is 1. The number of aliphatic hydroxyl groups is 1. The molecule has 2 aromatic rings. The highest BCUT2D eigenvalue weighted by molar-refractivity contribution is 6.46. The summed E-state index contributed by atoms with van der Waals surface area (Å²) >= 11 is 0. The van der Waals surface area contributed by atoms with Crippen LogP contribution in [0.2, 0.25) is 0 Å². The van der Waals surface area contributed by atoms with Crippen LogP contribution in [0.15, 0.2) is 54.1 Å². The number of aliphatic hydroxyl groups excluding tert-OH is 1. The van der Waals surface area contributed by atoms with Crippen molar-refractivity contribution in [1.82, 2.24) is 9.80 Å². The number of Topliss-reactive ketones (excluding diaryl/α,β-unsaturated/α-hetero) is 1. The molecular formula is C27H32N2O6. The maximum atomic E-state index is 13.2. The molecule has 8 nitrogen and oxygen atoms in total. The van der Waals surface area contributed by atoms with E-state index in [-0.39, 0.29) is 11.3 Å². The second-order valence-corrected chi connectivity index (χ2v) is 8.53. The minimum Gasteiger partial charge on any atom is -0.507 e. The van der Waals surface area contributed by atoms with Crippen molar-refractivity contribution in [2.45, 2.75) is 19.4 Å². The lowest BCUT2D eigenvalue weighted by atomic mass is 9.95. The van der Waals surface area contributed by atoms with Gasteiger partial charge < -0.3 is 24.2 Å². The van der Waals surface area contributed by atoms with E-state index >= 15 is 0 Å². The predicted molar refractivity (Wildman–Crippen MR) is 131 cm³/mol. The molecule has 2 aliphatic rings.